The number of para-hydroxylation sites is 1. The molecule has 1 N–H and O–H groups in total. The lowest BCUT2D eigenvalue weighted by molar-refractivity contribution is -0.0523. The zero-order valence-corrected chi connectivity index (χ0v) is 11.5. The number of rotatable bonds is 6. The lowest BCUT2D eigenvalue weighted by Gasteiger charge is -2.33. The molecule has 0 amide bonds. The standard InChI is InChI=1S/C14H20F2N2O2/c1-17-8-12-10-18(6-7-19-12)9-11-4-2-3-5-13(11)20-14(15)16/h2-5,12,14,17H,6-10H2,1H3. The fraction of sp³-hybridized carbons (Fsp3) is 0.571. The van der Waals surface area contributed by atoms with Gasteiger partial charge in [0.1, 0.15) is 5.75 Å². The van der Waals surface area contributed by atoms with Crippen molar-refractivity contribution in [2.24, 2.45) is 0 Å². The van der Waals surface area contributed by atoms with E-state index in [1.807, 2.05) is 19.2 Å². The van der Waals surface area contributed by atoms with Crippen LogP contribution in [0, 0.1) is 0 Å². The Hall–Kier alpha value is -1.24. The first-order chi connectivity index (χ1) is 9.69. The minimum atomic E-state index is -2.79. The van der Waals surface area contributed by atoms with E-state index in [1.165, 1.54) is 0 Å². The van der Waals surface area contributed by atoms with Crippen molar-refractivity contribution in [3.05, 3.63) is 29.8 Å². The maximum Gasteiger partial charge on any atom is 0.387 e. The maximum absolute atomic E-state index is 12.4. The Bertz CT molecular complexity index is 416. The highest BCUT2D eigenvalue weighted by Crippen LogP contribution is 2.22. The summed E-state index contributed by atoms with van der Waals surface area (Å²) in [6.45, 7) is 0.813. The Morgan fingerprint density at radius 2 is 2.25 bits per heavy atom. The monoisotopic (exact) mass is 286 g/mol. The second kappa shape index (κ2) is 7.52. The van der Waals surface area contributed by atoms with Crippen LogP contribution in [0.15, 0.2) is 24.3 Å². The number of nitrogens with zero attached hydrogens (tertiary/aromatic N) is 1. The summed E-state index contributed by atoms with van der Waals surface area (Å²) in [6.07, 6.45) is 0.136. The van der Waals surface area contributed by atoms with Gasteiger partial charge in [-0.15, -0.1) is 0 Å². The van der Waals surface area contributed by atoms with Gasteiger partial charge >= 0.3 is 6.61 Å². The Balaban J connectivity index is 1.98. The van der Waals surface area contributed by atoms with E-state index in [9.17, 15) is 8.78 Å². The number of alkyl halides is 2. The van der Waals surface area contributed by atoms with Crippen LogP contribution in [0.2, 0.25) is 0 Å². The summed E-state index contributed by atoms with van der Waals surface area (Å²) in [6, 6.07) is 6.93. The third kappa shape index (κ3) is 4.40. The number of likely N-dealkylation sites (N-methyl/N-ethyl adjacent to an activating group) is 1. The summed E-state index contributed by atoms with van der Waals surface area (Å²) in [5, 5.41) is 3.08. The topological polar surface area (TPSA) is 33.7 Å². The van der Waals surface area contributed by atoms with Gasteiger partial charge in [-0.05, 0) is 13.1 Å². The van der Waals surface area contributed by atoms with Crippen LogP contribution in [-0.4, -0.2) is 50.9 Å². The Morgan fingerprint density at radius 3 is 3.00 bits per heavy atom. The van der Waals surface area contributed by atoms with Gasteiger partial charge in [-0.3, -0.25) is 4.90 Å². The van der Waals surface area contributed by atoms with Gasteiger partial charge in [0.15, 0.2) is 0 Å². The molecule has 6 heteroatoms. The fourth-order valence-corrected chi connectivity index (χ4v) is 2.36. The Morgan fingerprint density at radius 1 is 1.45 bits per heavy atom. The highest BCUT2D eigenvalue weighted by atomic mass is 19.3. The number of hydrogen-bond acceptors (Lipinski definition) is 4. The molecule has 0 saturated carbocycles. The molecule has 1 unspecified atom stereocenters. The van der Waals surface area contributed by atoms with Gasteiger partial charge in [0.05, 0.1) is 12.7 Å². The van der Waals surface area contributed by atoms with E-state index in [1.54, 1.807) is 12.1 Å². The minimum Gasteiger partial charge on any atom is -0.434 e. The summed E-state index contributed by atoms with van der Waals surface area (Å²) < 4.78 is 34.9. The van der Waals surface area contributed by atoms with Gasteiger partial charge in [0.25, 0.3) is 0 Å². The van der Waals surface area contributed by atoms with Crippen LogP contribution in [0.4, 0.5) is 8.78 Å². The zero-order chi connectivity index (χ0) is 14.4. The normalized spacial score (nSPS) is 20.3. The average Bonchev–Trinajstić information content (AvgIpc) is 2.41. The second-order valence-electron chi connectivity index (χ2n) is 4.77. The van der Waals surface area contributed by atoms with Crippen molar-refractivity contribution >= 4 is 0 Å². The molecule has 1 saturated heterocycles. The van der Waals surface area contributed by atoms with Crippen molar-refractivity contribution in [3.63, 3.8) is 0 Å². The molecule has 1 atom stereocenters. The van der Waals surface area contributed by atoms with Crippen molar-refractivity contribution in [1.29, 1.82) is 0 Å². The number of benzene rings is 1. The summed E-state index contributed by atoms with van der Waals surface area (Å²) in [5.74, 6) is 0.249. The third-order valence-corrected chi connectivity index (χ3v) is 3.24. The number of nitrogens with one attached hydrogen (secondary N) is 1. The molecule has 0 bridgehead atoms. The molecule has 4 nitrogen and oxygen atoms in total. The van der Waals surface area contributed by atoms with Gasteiger partial charge in [0, 0.05) is 31.7 Å². The van der Waals surface area contributed by atoms with E-state index in [2.05, 4.69) is 15.0 Å². The molecule has 1 aliphatic heterocycles. The van der Waals surface area contributed by atoms with Crippen molar-refractivity contribution in [2.45, 2.75) is 19.3 Å². The van der Waals surface area contributed by atoms with Crippen LogP contribution >= 0.6 is 0 Å². The van der Waals surface area contributed by atoms with Crippen LogP contribution in [0.25, 0.3) is 0 Å². The molecular formula is C14H20F2N2O2. The summed E-state index contributed by atoms with van der Waals surface area (Å²) in [4.78, 5) is 2.19. The van der Waals surface area contributed by atoms with Crippen LogP contribution in [0.3, 0.4) is 0 Å². The number of ether oxygens (including phenoxy) is 2. The lowest BCUT2D eigenvalue weighted by Crippen LogP contribution is -2.45. The minimum absolute atomic E-state index is 0.136. The zero-order valence-electron chi connectivity index (χ0n) is 11.5. The fourth-order valence-electron chi connectivity index (χ4n) is 2.36. The third-order valence-electron chi connectivity index (χ3n) is 3.24. The smallest absolute Gasteiger partial charge is 0.387 e. The van der Waals surface area contributed by atoms with Gasteiger partial charge in [-0.25, -0.2) is 0 Å². The van der Waals surface area contributed by atoms with Crippen LogP contribution < -0.4 is 10.1 Å². The molecule has 20 heavy (non-hydrogen) atoms. The molecule has 0 aromatic heterocycles. The molecule has 1 aliphatic rings. The van der Waals surface area contributed by atoms with Crippen molar-refractivity contribution < 1.29 is 18.3 Å². The lowest BCUT2D eigenvalue weighted by atomic mass is 10.1. The van der Waals surface area contributed by atoms with Crippen LogP contribution in [-0.2, 0) is 11.3 Å². The molecule has 1 fully saturated rings. The van der Waals surface area contributed by atoms with Gasteiger partial charge in [0.2, 0.25) is 0 Å². The molecule has 0 spiro atoms. The van der Waals surface area contributed by atoms with Gasteiger partial charge in [-0.2, -0.15) is 8.78 Å². The second-order valence-corrected chi connectivity index (χ2v) is 4.77. The molecule has 0 aliphatic carbocycles. The summed E-state index contributed by atoms with van der Waals surface area (Å²) in [5.41, 5.74) is 0.776. The maximum atomic E-state index is 12.4. The predicted octanol–water partition coefficient (Wildman–Crippen LogP) is 1.71. The summed E-state index contributed by atoms with van der Waals surface area (Å²) in [7, 11) is 1.88. The molecule has 1 heterocycles. The van der Waals surface area contributed by atoms with E-state index in [4.69, 9.17) is 4.74 Å². The van der Waals surface area contributed by atoms with Crippen LogP contribution in [0.5, 0.6) is 5.75 Å². The first-order valence-corrected chi connectivity index (χ1v) is 6.70. The highest BCUT2D eigenvalue weighted by Gasteiger charge is 2.21. The molecular weight excluding hydrogens is 266 g/mol. The molecule has 1 aromatic rings. The molecule has 2 rings (SSSR count). The average molecular weight is 286 g/mol. The van der Waals surface area contributed by atoms with Crippen molar-refractivity contribution in [2.75, 3.05) is 33.3 Å². The largest absolute Gasteiger partial charge is 0.434 e. The number of halogens is 2. The van der Waals surface area contributed by atoms with E-state index < -0.39 is 6.61 Å². The van der Waals surface area contributed by atoms with E-state index in [0.717, 1.165) is 25.2 Å². The first-order valence-electron chi connectivity index (χ1n) is 6.70. The van der Waals surface area contributed by atoms with Gasteiger partial charge < -0.3 is 14.8 Å². The van der Waals surface area contributed by atoms with Crippen molar-refractivity contribution in [1.82, 2.24) is 10.2 Å². The van der Waals surface area contributed by atoms with E-state index in [-0.39, 0.29) is 11.9 Å². The highest BCUT2D eigenvalue weighted by molar-refractivity contribution is 5.33. The predicted molar refractivity (Wildman–Crippen MR) is 72.0 cm³/mol. The van der Waals surface area contributed by atoms with Crippen molar-refractivity contribution in [3.8, 4) is 5.75 Å². The number of morpholine rings is 1. The molecule has 112 valence electrons. The summed E-state index contributed by atoms with van der Waals surface area (Å²) >= 11 is 0. The first kappa shape index (κ1) is 15.2. The quantitative estimate of drug-likeness (QED) is 0.863. The van der Waals surface area contributed by atoms with E-state index in [0.29, 0.717) is 13.2 Å². The SMILES string of the molecule is CNCC1CN(Cc2ccccc2OC(F)F)CCO1. The van der Waals surface area contributed by atoms with Gasteiger partial charge in [-0.1, -0.05) is 18.2 Å². The Kier molecular flexibility index (Phi) is 5.70. The van der Waals surface area contributed by atoms with Crippen LogP contribution in [0.1, 0.15) is 5.56 Å². The molecule has 1 aromatic carbocycles. The Labute approximate surface area is 117 Å². The van der Waals surface area contributed by atoms with E-state index >= 15 is 0 Å². The number of hydrogen-bond donors (Lipinski definition) is 1. The molecule has 0 radical (unpaired) electrons.